The molecule has 418 valence electrons. The third-order valence-electron chi connectivity index (χ3n) is 16.2. The molecule has 0 spiro atoms. The summed E-state index contributed by atoms with van der Waals surface area (Å²) in [7, 11) is 0. The number of Topliss-reactive ketones (excluding diaryl/α,β-unsaturated/α-hetero) is 1. The van der Waals surface area contributed by atoms with Gasteiger partial charge < -0.3 is 14.7 Å². The van der Waals surface area contributed by atoms with E-state index in [0.717, 1.165) is 103 Å². The first kappa shape index (κ1) is 65.5. The number of unbranched alkanes of at least 4 members (excludes halogenated alkanes) is 15. The van der Waals surface area contributed by atoms with Gasteiger partial charge in [-0.3, -0.25) is 24.1 Å². The predicted molar refractivity (Wildman–Crippen MR) is 292 cm³/mol. The summed E-state index contributed by atoms with van der Waals surface area (Å²) in [6.45, 7) is 38.0. The van der Waals surface area contributed by atoms with Crippen LogP contribution in [0.5, 0.6) is 0 Å². The molecular weight excluding hydrogens is 891 g/mol. The van der Waals surface area contributed by atoms with E-state index in [1.54, 1.807) is 0 Å². The highest BCUT2D eigenvalue weighted by atomic mass is 16.7. The van der Waals surface area contributed by atoms with Crippen LogP contribution in [0.4, 0.5) is 0 Å². The fourth-order valence-corrected chi connectivity index (χ4v) is 11.9. The zero-order valence-electron chi connectivity index (χ0n) is 49.5. The first-order valence-electron chi connectivity index (χ1n) is 29.3. The molecule has 3 aliphatic rings. The molecule has 3 atom stereocenters. The van der Waals surface area contributed by atoms with E-state index in [1.165, 1.54) is 62.9 Å². The molecule has 0 aliphatic carbocycles. The summed E-state index contributed by atoms with van der Waals surface area (Å²) in [5.74, 6) is 1.37. The lowest BCUT2D eigenvalue weighted by Gasteiger charge is -2.53. The van der Waals surface area contributed by atoms with E-state index in [4.69, 9.17) is 19.1 Å². The summed E-state index contributed by atoms with van der Waals surface area (Å²) in [5, 5.41) is 16.0. The molecule has 0 saturated carbocycles. The molecule has 0 bridgehead atoms. The number of hydrogen-bond acceptors (Lipinski definition) is 11. The van der Waals surface area contributed by atoms with E-state index in [-0.39, 0.29) is 57.8 Å². The molecule has 71 heavy (non-hydrogen) atoms. The van der Waals surface area contributed by atoms with E-state index >= 15 is 0 Å². The molecule has 11 heteroatoms. The lowest BCUT2D eigenvalue weighted by atomic mass is 9.73. The Morgan fingerprint density at radius 3 is 1.20 bits per heavy atom. The van der Waals surface area contributed by atoms with Crippen LogP contribution in [0.2, 0.25) is 0 Å². The summed E-state index contributed by atoms with van der Waals surface area (Å²) in [6.07, 6.45) is 27.6. The molecule has 11 nitrogen and oxygen atoms in total. The van der Waals surface area contributed by atoms with Crippen molar-refractivity contribution in [1.82, 2.24) is 15.2 Å². The summed E-state index contributed by atoms with van der Waals surface area (Å²) in [5.41, 5.74) is -1.62. The van der Waals surface area contributed by atoms with Crippen LogP contribution in [-0.2, 0) is 33.5 Å². The van der Waals surface area contributed by atoms with Gasteiger partial charge in [0.15, 0.2) is 0 Å². The van der Waals surface area contributed by atoms with Gasteiger partial charge in [-0.1, -0.05) is 137 Å². The number of hydroxylamine groups is 6. The zero-order valence-corrected chi connectivity index (χ0v) is 49.5. The van der Waals surface area contributed by atoms with Crippen molar-refractivity contribution in [2.45, 2.75) is 337 Å². The Bertz CT molecular complexity index is 1490. The molecule has 0 amide bonds. The Morgan fingerprint density at radius 2 is 0.831 bits per heavy atom. The van der Waals surface area contributed by atoms with Gasteiger partial charge in [0.25, 0.3) is 0 Å². The Kier molecular flexibility index (Phi) is 28.4. The third kappa shape index (κ3) is 22.6. The lowest BCUT2D eigenvalue weighted by molar-refractivity contribution is -0.297. The molecule has 3 unspecified atom stereocenters. The average Bonchev–Trinajstić information content (AvgIpc) is 3.41. The van der Waals surface area contributed by atoms with Crippen molar-refractivity contribution in [3.63, 3.8) is 0 Å². The first-order valence-corrected chi connectivity index (χ1v) is 29.3. The summed E-state index contributed by atoms with van der Waals surface area (Å²) >= 11 is 0. The topological polar surface area (TPSA) is 118 Å². The number of piperidine rings is 2. The smallest absolute Gasteiger partial charge is 0.306 e. The van der Waals surface area contributed by atoms with E-state index in [0.29, 0.717) is 43.3 Å². The number of ketones is 1. The SMILES string of the molecule is CCC(C)CON1C(C)(C)CC(OC(=O)CCCCCCCCC(=O)C2CC(C)(C)N(OCC(C)CC)C(C)(C)C2)CC1(C)C.CCCCCCCCCCCCCC(=O)OC1CC(C)(C)N(O)C1(C)C. The molecule has 3 saturated heterocycles. The average molecular weight is 1010 g/mol. The van der Waals surface area contributed by atoms with Gasteiger partial charge in [0.05, 0.1) is 18.8 Å². The third-order valence-corrected chi connectivity index (χ3v) is 16.2. The van der Waals surface area contributed by atoms with E-state index in [2.05, 4.69) is 100 Å². The molecule has 3 rings (SSSR count). The molecule has 3 heterocycles. The number of nitrogens with zero attached hydrogens (tertiary/aromatic N) is 3. The standard InChI is InChI=1S/C38H72N2O5.C22H43NO3/c1-13-29(3)27-43-39-35(5,6)23-31(24-36(39,7)8)33(41)21-19-17-15-16-18-20-22-34(42)45-32-25-37(9,10)40(38(11,12)26-32)44-28-30(4)14-2;1-6-7-8-9-10-11-12-13-14-15-16-17-20(24)26-19-18-21(2,3)23(25)22(19,4)5/h29-32H,13-28H2,1-12H3;19,25H,6-18H2,1-5H3. The van der Waals surface area contributed by atoms with Crippen molar-refractivity contribution in [3.8, 4) is 0 Å². The Hall–Kier alpha value is -1.63. The maximum Gasteiger partial charge on any atom is 0.306 e. The highest BCUT2D eigenvalue weighted by Crippen LogP contribution is 2.44. The van der Waals surface area contributed by atoms with Crippen molar-refractivity contribution in [2.75, 3.05) is 13.2 Å². The normalized spacial score (nSPS) is 22.9. The molecular formula is C60H115N3O8. The summed E-state index contributed by atoms with van der Waals surface area (Å²) in [4.78, 5) is 50.7. The molecule has 3 aliphatic heterocycles. The van der Waals surface area contributed by atoms with Gasteiger partial charge in [0.2, 0.25) is 0 Å². The summed E-state index contributed by atoms with van der Waals surface area (Å²) < 4.78 is 11.7. The predicted octanol–water partition coefficient (Wildman–Crippen LogP) is 15.7. The molecule has 3 fully saturated rings. The molecule has 0 aromatic carbocycles. The maximum absolute atomic E-state index is 13.2. The van der Waals surface area contributed by atoms with Gasteiger partial charge >= 0.3 is 11.9 Å². The zero-order chi connectivity index (χ0) is 53.7. The van der Waals surface area contributed by atoms with Crippen LogP contribution in [-0.4, -0.2) is 96.8 Å². The number of rotatable bonds is 32. The van der Waals surface area contributed by atoms with Gasteiger partial charge in [-0.2, -0.15) is 15.2 Å². The van der Waals surface area contributed by atoms with Gasteiger partial charge in [0, 0.05) is 72.1 Å². The van der Waals surface area contributed by atoms with Gasteiger partial charge in [-0.25, -0.2) is 0 Å². The van der Waals surface area contributed by atoms with Gasteiger partial charge in [-0.15, -0.1) is 0 Å². The maximum atomic E-state index is 13.2. The summed E-state index contributed by atoms with van der Waals surface area (Å²) in [6, 6.07) is 0. The highest BCUT2D eigenvalue weighted by Gasteiger charge is 2.54. The fourth-order valence-electron chi connectivity index (χ4n) is 11.9. The molecule has 1 N–H and O–H groups in total. The minimum absolute atomic E-state index is 0.0756. The van der Waals surface area contributed by atoms with Crippen molar-refractivity contribution >= 4 is 17.7 Å². The van der Waals surface area contributed by atoms with Crippen LogP contribution in [0.15, 0.2) is 0 Å². The van der Waals surface area contributed by atoms with E-state index in [9.17, 15) is 19.6 Å². The molecule has 0 aromatic heterocycles. The van der Waals surface area contributed by atoms with Crippen LogP contribution in [0.3, 0.4) is 0 Å². The van der Waals surface area contributed by atoms with Crippen molar-refractivity contribution < 1.29 is 38.7 Å². The number of hydrogen-bond donors (Lipinski definition) is 1. The van der Waals surface area contributed by atoms with Crippen LogP contribution in [0.1, 0.15) is 291 Å². The Balaban J connectivity index is 0.000000563. The number of esters is 2. The van der Waals surface area contributed by atoms with Crippen LogP contribution >= 0.6 is 0 Å². The van der Waals surface area contributed by atoms with Gasteiger partial charge in [0.1, 0.15) is 18.0 Å². The number of carbonyl (C=O) groups is 3. The molecule has 0 aromatic rings. The van der Waals surface area contributed by atoms with Crippen LogP contribution < -0.4 is 0 Å². The Morgan fingerprint density at radius 1 is 0.479 bits per heavy atom. The van der Waals surface area contributed by atoms with E-state index < -0.39 is 5.54 Å². The van der Waals surface area contributed by atoms with E-state index in [1.807, 2.05) is 27.7 Å². The minimum Gasteiger partial charge on any atom is -0.462 e. The fraction of sp³-hybridized carbons (Fsp3) is 0.950. The second kappa shape index (κ2) is 30.8. The van der Waals surface area contributed by atoms with Crippen LogP contribution in [0.25, 0.3) is 0 Å². The lowest BCUT2D eigenvalue weighted by Crippen LogP contribution is -2.62. The molecule has 0 radical (unpaired) electrons. The minimum atomic E-state index is -0.531. The van der Waals surface area contributed by atoms with Crippen molar-refractivity contribution in [3.05, 3.63) is 0 Å². The number of carbonyl (C=O) groups excluding carboxylic acids is 3. The Labute approximate surface area is 437 Å². The highest BCUT2D eigenvalue weighted by molar-refractivity contribution is 5.81. The monoisotopic (exact) mass is 1010 g/mol. The second-order valence-corrected chi connectivity index (χ2v) is 26.4. The first-order chi connectivity index (χ1) is 33.1. The second-order valence-electron chi connectivity index (χ2n) is 26.4. The van der Waals surface area contributed by atoms with Crippen molar-refractivity contribution in [1.29, 1.82) is 0 Å². The van der Waals surface area contributed by atoms with Crippen molar-refractivity contribution in [2.24, 2.45) is 17.8 Å². The largest absolute Gasteiger partial charge is 0.462 e. The number of ether oxygens (including phenoxy) is 2. The van der Waals surface area contributed by atoms with Crippen LogP contribution in [0, 0.1) is 17.8 Å². The van der Waals surface area contributed by atoms with Gasteiger partial charge in [-0.05, 0) is 127 Å². The quantitative estimate of drug-likeness (QED) is 0.0513.